The fourth-order valence-corrected chi connectivity index (χ4v) is 3.28. The van der Waals surface area contributed by atoms with E-state index in [1.807, 2.05) is 78.9 Å². The van der Waals surface area contributed by atoms with Gasteiger partial charge in [0.2, 0.25) is 5.91 Å². The van der Waals surface area contributed by atoms with E-state index in [9.17, 15) is 4.79 Å². The SMILES string of the molecule is O=C(CNc1cccc(OCCc2ccccc2)c1)Nc1ccc2ccccc2c1. The highest BCUT2D eigenvalue weighted by Gasteiger charge is 2.04. The quantitative estimate of drug-likeness (QED) is 0.413. The summed E-state index contributed by atoms with van der Waals surface area (Å²) in [5.74, 6) is 0.687. The second-order valence-electron chi connectivity index (χ2n) is 7.08. The molecule has 0 bridgehead atoms. The Kier molecular flexibility index (Phi) is 6.25. The van der Waals surface area contributed by atoms with Crippen molar-refractivity contribution in [3.63, 3.8) is 0 Å². The van der Waals surface area contributed by atoms with Crippen LogP contribution in [0.3, 0.4) is 0 Å². The Balaban J connectivity index is 1.27. The molecule has 0 aliphatic rings. The van der Waals surface area contributed by atoms with Crippen LogP contribution in [-0.4, -0.2) is 19.1 Å². The number of ether oxygens (including phenoxy) is 1. The van der Waals surface area contributed by atoms with E-state index in [0.717, 1.165) is 34.3 Å². The van der Waals surface area contributed by atoms with Crippen molar-refractivity contribution < 1.29 is 9.53 Å². The molecule has 30 heavy (non-hydrogen) atoms. The molecular weight excluding hydrogens is 372 g/mol. The van der Waals surface area contributed by atoms with E-state index in [1.165, 1.54) is 5.56 Å². The third kappa shape index (κ3) is 5.39. The summed E-state index contributed by atoms with van der Waals surface area (Å²) in [4.78, 5) is 12.3. The molecule has 1 amide bonds. The van der Waals surface area contributed by atoms with Gasteiger partial charge in [-0.05, 0) is 40.6 Å². The highest BCUT2D eigenvalue weighted by atomic mass is 16.5. The maximum Gasteiger partial charge on any atom is 0.243 e. The van der Waals surface area contributed by atoms with Gasteiger partial charge < -0.3 is 15.4 Å². The first-order valence-electron chi connectivity index (χ1n) is 10.1. The Hall–Kier alpha value is -3.79. The average Bonchev–Trinajstić information content (AvgIpc) is 2.79. The molecule has 4 nitrogen and oxygen atoms in total. The van der Waals surface area contributed by atoms with Gasteiger partial charge in [-0.1, -0.05) is 66.7 Å². The summed E-state index contributed by atoms with van der Waals surface area (Å²) in [6.07, 6.45) is 0.854. The average molecular weight is 396 g/mol. The lowest BCUT2D eigenvalue weighted by Gasteiger charge is -2.11. The monoisotopic (exact) mass is 396 g/mol. The smallest absolute Gasteiger partial charge is 0.243 e. The molecule has 0 fully saturated rings. The van der Waals surface area contributed by atoms with Crippen LogP contribution in [-0.2, 0) is 11.2 Å². The van der Waals surface area contributed by atoms with Gasteiger partial charge in [0.25, 0.3) is 0 Å². The number of carbonyl (C=O) groups is 1. The largest absolute Gasteiger partial charge is 0.493 e. The molecule has 4 rings (SSSR count). The lowest BCUT2D eigenvalue weighted by molar-refractivity contribution is -0.114. The molecule has 0 saturated carbocycles. The fourth-order valence-electron chi connectivity index (χ4n) is 3.28. The summed E-state index contributed by atoms with van der Waals surface area (Å²) in [7, 11) is 0. The first kappa shape index (κ1) is 19.5. The third-order valence-electron chi connectivity index (χ3n) is 4.82. The molecule has 0 heterocycles. The minimum atomic E-state index is -0.0966. The van der Waals surface area contributed by atoms with Crippen molar-refractivity contribution in [2.75, 3.05) is 23.8 Å². The molecule has 0 spiro atoms. The molecule has 2 N–H and O–H groups in total. The molecule has 4 aromatic rings. The zero-order valence-electron chi connectivity index (χ0n) is 16.7. The van der Waals surface area contributed by atoms with E-state index in [0.29, 0.717) is 6.61 Å². The summed E-state index contributed by atoms with van der Waals surface area (Å²) < 4.78 is 5.85. The molecular formula is C26H24N2O2. The van der Waals surface area contributed by atoms with E-state index in [4.69, 9.17) is 4.74 Å². The zero-order chi connectivity index (χ0) is 20.6. The van der Waals surface area contributed by atoms with Crippen LogP contribution in [0.15, 0.2) is 97.1 Å². The number of fused-ring (bicyclic) bond motifs is 1. The van der Waals surface area contributed by atoms with Gasteiger partial charge in [-0.25, -0.2) is 0 Å². The van der Waals surface area contributed by atoms with Crippen LogP contribution in [0.4, 0.5) is 11.4 Å². The second-order valence-corrected chi connectivity index (χ2v) is 7.08. The Bertz CT molecular complexity index is 1130. The van der Waals surface area contributed by atoms with Gasteiger partial charge in [0.05, 0.1) is 13.2 Å². The molecule has 150 valence electrons. The lowest BCUT2D eigenvalue weighted by atomic mass is 10.1. The van der Waals surface area contributed by atoms with E-state index in [-0.39, 0.29) is 12.5 Å². The van der Waals surface area contributed by atoms with Crippen molar-refractivity contribution in [1.29, 1.82) is 0 Å². The fraction of sp³-hybridized carbons (Fsp3) is 0.115. The predicted octanol–water partition coefficient (Wildman–Crippen LogP) is 5.51. The van der Waals surface area contributed by atoms with Gasteiger partial charge in [-0.15, -0.1) is 0 Å². The topological polar surface area (TPSA) is 50.4 Å². The maximum absolute atomic E-state index is 12.3. The van der Waals surface area contributed by atoms with Gasteiger partial charge >= 0.3 is 0 Å². The number of hydrogen-bond donors (Lipinski definition) is 2. The van der Waals surface area contributed by atoms with Gasteiger partial charge in [0.1, 0.15) is 5.75 Å². The number of benzene rings is 4. The predicted molar refractivity (Wildman–Crippen MR) is 123 cm³/mol. The normalized spacial score (nSPS) is 10.5. The van der Waals surface area contributed by atoms with Gasteiger partial charge in [0.15, 0.2) is 0 Å². The number of carbonyl (C=O) groups excluding carboxylic acids is 1. The van der Waals surface area contributed by atoms with Crippen LogP contribution in [0.25, 0.3) is 10.8 Å². The Labute approximate surface area is 176 Å². The van der Waals surface area contributed by atoms with Crippen molar-refractivity contribution in [3.8, 4) is 5.75 Å². The molecule has 0 aliphatic heterocycles. The highest BCUT2D eigenvalue weighted by molar-refractivity contribution is 5.96. The second kappa shape index (κ2) is 9.61. The Morgan fingerprint density at radius 1 is 0.733 bits per heavy atom. The van der Waals surface area contributed by atoms with Crippen LogP contribution >= 0.6 is 0 Å². The summed E-state index contributed by atoms with van der Waals surface area (Å²) >= 11 is 0. The molecule has 0 saturated heterocycles. The number of hydrogen-bond acceptors (Lipinski definition) is 3. The van der Waals surface area contributed by atoms with Crippen LogP contribution < -0.4 is 15.4 Å². The van der Waals surface area contributed by atoms with Crippen molar-refractivity contribution in [3.05, 3.63) is 103 Å². The molecule has 4 heteroatoms. The van der Waals surface area contributed by atoms with Crippen LogP contribution in [0.1, 0.15) is 5.56 Å². The maximum atomic E-state index is 12.3. The Morgan fingerprint density at radius 3 is 2.40 bits per heavy atom. The van der Waals surface area contributed by atoms with Crippen molar-refractivity contribution in [1.82, 2.24) is 0 Å². The Morgan fingerprint density at radius 2 is 1.53 bits per heavy atom. The minimum absolute atomic E-state index is 0.0966. The van der Waals surface area contributed by atoms with Crippen molar-refractivity contribution in [2.45, 2.75) is 6.42 Å². The molecule has 0 unspecified atom stereocenters. The number of rotatable bonds is 8. The van der Waals surface area contributed by atoms with Gasteiger partial charge in [-0.3, -0.25) is 4.79 Å². The van der Waals surface area contributed by atoms with E-state index >= 15 is 0 Å². The molecule has 0 aliphatic carbocycles. The summed E-state index contributed by atoms with van der Waals surface area (Å²) in [6, 6.07) is 31.9. The van der Waals surface area contributed by atoms with Crippen molar-refractivity contribution in [2.24, 2.45) is 0 Å². The first-order chi connectivity index (χ1) is 14.8. The van der Waals surface area contributed by atoms with Crippen LogP contribution in [0, 0.1) is 0 Å². The van der Waals surface area contributed by atoms with Gasteiger partial charge in [-0.2, -0.15) is 0 Å². The lowest BCUT2D eigenvalue weighted by Crippen LogP contribution is -2.21. The summed E-state index contributed by atoms with van der Waals surface area (Å²) in [6.45, 7) is 0.788. The van der Waals surface area contributed by atoms with E-state index in [2.05, 4.69) is 28.8 Å². The number of amides is 1. The number of nitrogens with one attached hydrogen (secondary N) is 2. The number of anilines is 2. The molecule has 0 aromatic heterocycles. The first-order valence-corrected chi connectivity index (χ1v) is 10.1. The summed E-state index contributed by atoms with van der Waals surface area (Å²) in [5.41, 5.74) is 2.89. The minimum Gasteiger partial charge on any atom is -0.493 e. The van der Waals surface area contributed by atoms with Crippen LogP contribution in [0.2, 0.25) is 0 Å². The molecule has 0 atom stereocenters. The third-order valence-corrected chi connectivity index (χ3v) is 4.82. The molecule has 0 radical (unpaired) electrons. The van der Waals surface area contributed by atoms with E-state index in [1.54, 1.807) is 0 Å². The zero-order valence-corrected chi connectivity index (χ0v) is 16.7. The van der Waals surface area contributed by atoms with Crippen LogP contribution in [0.5, 0.6) is 5.75 Å². The molecule has 4 aromatic carbocycles. The van der Waals surface area contributed by atoms with E-state index < -0.39 is 0 Å². The van der Waals surface area contributed by atoms with Gasteiger partial charge in [0, 0.05) is 23.9 Å². The summed E-state index contributed by atoms with van der Waals surface area (Å²) in [5, 5.41) is 8.35. The highest BCUT2D eigenvalue weighted by Crippen LogP contribution is 2.20. The standard InChI is InChI=1S/C26H24N2O2/c29-26(28-24-14-13-21-9-4-5-10-22(21)17-24)19-27-23-11-6-12-25(18-23)30-16-15-20-7-2-1-3-8-20/h1-14,17-18,27H,15-16,19H2,(H,28,29). The van der Waals surface area contributed by atoms with Crippen molar-refractivity contribution >= 4 is 28.1 Å².